The molecule has 0 bridgehead atoms. The third kappa shape index (κ3) is 9.51. The fourth-order valence-electron chi connectivity index (χ4n) is 6.18. The van der Waals surface area contributed by atoms with Crippen LogP contribution in [0.2, 0.25) is 0 Å². The lowest BCUT2D eigenvalue weighted by molar-refractivity contribution is -0.146. The number of carbonyl (C=O) groups is 3. The summed E-state index contributed by atoms with van der Waals surface area (Å²) in [5.74, 6) is -0.204. The van der Waals surface area contributed by atoms with Gasteiger partial charge in [0, 0.05) is 47.9 Å². The summed E-state index contributed by atoms with van der Waals surface area (Å²) < 4.78 is 17.4. The van der Waals surface area contributed by atoms with Gasteiger partial charge in [0.1, 0.15) is 0 Å². The van der Waals surface area contributed by atoms with Gasteiger partial charge in [0.25, 0.3) is 0 Å². The summed E-state index contributed by atoms with van der Waals surface area (Å²) in [6, 6.07) is 9.33. The van der Waals surface area contributed by atoms with Crippen LogP contribution < -0.4 is 5.32 Å². The van der Waals surface area contributed by atoms with Crippen LogP contribution in [0, 0.1) is 17.8 Å². The van der Waals surface area contributed by atoms with Gasteiger partial charge in [-0.3, -0.25) is 14.4 Å². The van der Waals surface area contributed by atoms with Crippen LogP contribution in [0.5, 0.6) is 0 Å². The number of likely N-dealkylation sites (N-methyl/N-ethyl adjacent to an activating group) is 1. The van der Waals surface area contributed by atoms with Gasteiger partial charge in [0.15, 0.2) is 0 Å². The van der Waals surface area contributed by atoms with Gasteiger partial charge in [0.05, 0.1) is 42.7 Å². The van der Waals surface area contributed by atoms with Crippen molar-refractivity contribution in [1.82, 2.24) is 15.1 Å². The Hall–Kier alpha value is -2.49. The van der Waals surface area contributed by atoms with Crippen molar-refractivity contribution in [2.45, 2.75) is 97.1 Å². The zero-order chi connectivity index (χ0) is 31.4. The fourth-order valence-corrected chi connectivity index (χ4v) is 6.18. The lowest BCUT2D eigenvalue weighted by Gasteiger charge is -2.39. The van der Waals surface area contributed by atoms with E-state index in [-0.39, 0.29) is 54.2 Å². The number of amides is 3. The van der Waals surface area contributed by atoms with E-state index in [2.05, 4.69) is 19.2 Å². The van der Waals surface area contributed by atoms with Gasteiger partial charge in [0.2, 0.25) is 17.7 Å². The molecule has 1 aromatic carbocycles. The molecule has 0 spiro atoms. The predicted octanol–water partition coefficient (Wildman–Crippen LogP) is 4.46. The van der Waals surface area contributed by atoms with E-state index in [4.69, 9.17) is 14.2 Å². The molecule has 0 aliphatic carbocycles. The van der Waals surface area contributed by atoms with Gasteiger partial charge >= 0.3 is 0 Å². The summed E-state index contributed by atoms with van der Waals surface area (Å²) in [7, 11) is 6.67. The standard InChI is InChI=1S/C33H55N3O6/c1-10-23(4)31(35(6)29(37)19-22(2)3)27(40-7)20-30(38)36-18-14-17-26(36)32(42-9)24(5)33(39)34-21-28(41-8)25-15-12-11-13-16-25/h11-13,15-16,22-24,26-28,31-32H,10,14,17-21H2,1-9H3,(H,34,39)/t23?,24?,26-,27?,28?,31?,32?/m0/s1. The maximum Gasteiger partial charge on any atom is 0.225 e. The zero-order valence-electron chi connectivity index (χ0n) is 27.3. The van der Waals surface area contributed by atoms with Gasteiger partial charge < -0.3 is 29.3 Å². The second-order valence-electron chi connectivity index (χ2n) is 12.1. The number of nitrogens with zero attached hydrogens (tertiary/aromatic N) is 2. The molecule has 1 N–H and O–H groups in total. The van der Waals surface area contributed by atoms with Crippen molar-refractivity contribution in [3.8, 4) is 0 Å². The Morgan fingerprint density at radius 1 is 1.00 bits per heavy atom. The molecule has 9 nitrogen and oxygen atoms in total. The van der Waals surface area contributed by atoms with E-state index < -0.39 is 18.1 Å². The molecule has 0 radical (unpaired) electrons. The van der Waals surface area contributed by atoms with E-state index in [0.29, 0.717) is 19.5 Å². The molecular weight excluding hydrogens is 534 g/mol. The smallest absolute Gasteiger partial charge is 0.225 e. The number of nitrogens with one attached hydrogen (secondary N) is 1. The monoisotopic (exact) mass is 589 g/mol. The Balaban J connectivity index is 2.13. The van der Waals surface area contributed by atoms with Crippen LogP contribution in [0.4, 0.5) is 0 Å². The van der Waals surface area contributed by atoms with E-state index in [9.17, 15) is 14.4 Å². The van der Waals surface area contributed by atoms with E-state index in [1.165, 1.54) is 0 Å². The maximum atomic E-state index is 13.8. The first-order valence-electron chi connectivity index (χ1n) is 15.5. The Labute approximate surface area is 253 Å². The summed E-state index contributed by atoms with van der Waals surface area (Å²) in [6.45, 7) is 11.0. The Morgan fingerprint density at radius 3 is 2.21 bits per heavy atom. The average molecular weight is 590 g/mol. The van der Waals surface area contributed by atoms with Gasteiger partial charge in [-0.1, -0.05) is 71.4 Å². The molecule has 6 unspecified atom stereocenters. The van der Waals surface area contributed by atoms with Crippen LogP contribution in [-0.4, -0.2) is 93.3 Å². The van der Waals surface area contributed by atoms with Gasteiger partial charge in [-0.25, -0.2) is 0 Å². The number of hydrogen-bond donors (Lipinski definition) is 1. The molecule has 9 heteroatoms. The third-order valence-corrected chi connectivity index (χ3v) is 8.80. The molecule has 3 amide bonds. The molecule has 1 aromatic rings. The van der Waals surface area contributed by atoms with E-state index in [1.54, 1.807) is 26.2 Å². The highest BCUT2D eigenvalue weighted by Crippen LogP contribution is 2.29. The molecule has 2 rings (SSSR count). The average Bonchev–Trinajstić information content (AvgIpc) is 3.46. The third-order valence-electron chi connectivity index (χ3n) is 8.80. The lowest BCUT2D eigenvalue weighted by Crippen LogP contribution is -2.53. The molecule has 238 valence electrons. The number of hydrogen-bond acceptors (Lipinski definition) is 6. The molecular formula is C33H55N3O6. The molecule has 1 aliphatic rings. The molecule has 0 saturated carbocycles. The summed E-state index contributed by atoms with van der Waals surface area (Å²) in [6.07, 6.45) is 1.89. The highest BCUT2D eigenvalue weighted by atomic mass is 16.5. The highest BCUT2D eigenvalue weighted by Gasteiger charge is 2.42. The summed E-state index contributed by atoms with van der Waals surface area (Å²) in [5.41, 5.74) is 0.990. The Bertz CT molecular complexity index is 974. The zero-order valence-corrected chi connectivity index (χ0v) is 27.3. The molecule has 1 saturated heterocycles. The van der Waals surface area contributed by atoms with E-state index in [0.717, 1.165) is 24.8 Å². The number of rotatable bonds is 17. The largest absolute Gasteiger partial charge is 0.379 e. The second kappa shape index (κ2) is 17.6. The summed E-state index contributed by atoms with van der Waals surface area (Å²) in [5, 5.41) is 3.02. The molecule has 1 fully saturated rings. The Kier molecular flexibility index (Phi) is 14.9. The summed E-state index contributed by atoms with van der Waals surface area (Å²) in [4.78, 5) is 43.7. The minimum Gasteiger partial charge on any atom is -0.379 e. The van der Waals surface area contributed by atoms with Crippen molar-refractivity contribution >= 4 is 17.7 Å². The Morgan fingerprint density at radius 2 is 1.67 bits per heavy atom. The van der Waals surface area contributed by atoms with Crippen molar-refractivity contribution < 1.29 is 28.6 Å². The fraction of sp³-hybridized carbons (Fsp3) is 0.727. The van der Waals surface area contributed by atoms with Gasteiger partial charge in [-0.2, -0.15) is 0 Å². The summed E-state index contributed by atoms with van der Waals surface area (Å²) >= 11 is 0. The van der Waals surface area contributed by atoms with E-state index >= 15 is 0 Å². The first-order chi connectivity index (χ1) is 20.0. The first-order valence-corrected chi connectivity index (χ1v) is 15.5. The first kappa shape index (κ1) is 35.7. The molecule has 7 atom stereocenters. The number of likely N-dealkylation sites (tertiary alicyclic amines) is 1. The topological polar surface area (TPSA) is 97.4 Å². The number of ether oxygens (including phenoxy) is 3. The molecule has 0 aromatic heterocycles. The highest BCUT2D eigenvalue weighted by molar-refractivity contribution is 5.80. The molecule has 1 heterocycles. The lowest BCUT2D eigenvalue weighted by atomic mass is 9.90. The minimum absolute atomic E-state index is 0.0412. The van der Waals surface area contributed by atoms with Crippen molar-refractivity contribution in [2.24, 2.45) is 17.8 Å². The van der Waals surface area contributed by atoms with Crippen molar-refractivity contribution in [1.29, 1.82) is 0 Å². The van der Waals surface area contributed by atoms with Crippen LogP contribution in [0.25, 0.3) is 0 Å². The van der Waals surface area contributed by atoms with Crippen molar-refractivity contribution in [3.63, 3.8) is 0 Å². The second-order valence-corrected chi connectivity index (χ2v) is 12.1. The number of carbonyl (C=O) groups excluding carboxylic acids is 3. The van der Waals surface area contributed by atoms with Crippen LogP contribution in [0.1, 0.15) is 78.4 Å². The molecule has 42 heavy (non-hydrogen) atoms. The van der Waals surface area contributed by atoms with Crippen LogP contribution in [-0.2, 0) is 28.6 Å². The molecule has 1 aliphatic heterocycles. The SMILES string of the molecule is CCC(C)C(C(CC(=O)N1CCC[C@H]1C(OC)C(C)C(=O)NCC(OC)c1ccccc1)OC)N(C)C(=O)CC(C)C. The number of benzene rings is 1. The van der Waals surface area contributed by atoms with Gasteiger partial charge in [-0.15, -0.1) is 0 Å². The normalized spacial score (nSPS) is 19.6. The van der Waals surface area contributed by atoms with E-state index in [1.807, 2.05) is 63.1 Å². The van der Waals surface area contributed by atoms with Crippen LogP contribution in [0.3, 0.4) is 0 Å². The quantitative estimate of drug-likeness (QED) is 0.288. The predicted molar refractivity (Wildman–Crippen MR) is 165 cm³/mol. The van der Waals surface area contributed by atoms with Crippen LogP contribution in [0.15, 0.2) is 30.3 Å². The van der Waals surface area contributed by atoms with Crippen LogP contribution >= 0.6 is 0 Å². The minimum atomic E-state index is -0.479. The number of methoxy groups -OCH3 is 3. The van der Waals surface area contributed by atoms with Crippen molar-refractivity contribution in [3.05, 3.63) is 35.9 Å². The van der Waals surface area contributed by atoms with Crippen molar-refractivity contribution in [2.75, 3.05) is 41.5 Å². The maximum absolute atomic E-state index is 13.8. The van der Waals surface area contributed by atoms with Gasteiger partial charge in [-0.05, 0) is 30.2 Å².